The van der Waals surface area contributed by atoms with Crippen LogP contribution in [0.4, 0.5) is 14.9 Å². The van der Waals surface area contributed by atoms with Crippen molar-refractivity contribution in [2.24, 2.45) is 0 Å². The number of amides is 2. The Morgan fingerprint density at radius 2 is 2.04 bits per heavy atom. The molecule has 5 heteroatoms. The van der Waals surface area contributed by atoms with Crippen molar-refractivity contribution in [2.75, 3.05) is 18.1 Å². The van der Waals surface area contributed by atoms with E-state index in [1.807, 2.05) is 30.3 Å². The molecule has 126 valence electrons. The standard InChI is InChI=1S/C19H21FN2O2/c20-16-9-8-15-10-11-22(18(15)13-16)19(24)21-17(7-4-12-23)14-5-2-1-3-6-14/h1-3,5-6,8-9,13,17,23H,4,7,10-12H2,(H,21,24). The minimum atomic E-state index is -0.340. The van der Waals surface area contributed by atoms with Crippen LogP contribution < -0.4 is 10.2 Å². The zero-order chi connectivity index (χ0) is 16.9. The second-order valence-corrected chi connectivity index (χ2v) is 5.95. The number of anilines is 1. The lowest BCUT2D eigenvalue weighted by molar-refractivity contribution is 0.238. The highest BCUT2D eigenvalue weighted by Crippen LogP contribution is 2.29. The van der Waals surface area contributed by atoms with Crippen LogP contribution in [0.3, 0.4) is 0 Å². The van der Waals surface area contributed by atoms with Crippen LogP contribution in [0.25, 0.3) is 0 Å². The second-order valence-electron chi connectivity index (χ2n) is 5.95. The second kappa shape index (κ2) is 7.45. The van der Waals surface area contributed by atoms with Gasteiger partial charge in [0.1, 0.15) is 5.82 Å². The average molecular weight is 328 g/mol. The fourth-order valence-electron chi connectivity index (χ4n) is 3.09. The van der Waals surface area contributed by atoms with Gasteiger partial charge >= 0.3 is 6.03 Å². The van der Waals surface area contributed by atoms with Crippen LogP contribution in [-0.4, -0.2) is 24.3 Å². The minimum Gasteiger partial charge on any atom is -0.396 e. The number of fused-ring (bicyclic) bond motifs is 1. The van der Waals surface area contributed by atoms with Gasteiger partial charge in [-0.15, -0.1) is 0 Å². The Labute approximate surface area is 140 Å². The molecule has 24 heavy (non-hydrogen) atoms. The summed E-state index contributed by atoms with van der Waals surface area (Å²) in [5.41, 5.74) is 2.62. The molecule has 1 aliphatic rings. The normalized spacial score (nSPS) is 14.3. The highest BCUT2D eigenvalue weighted by atomic mass is 19.1. The first-order valence-corrected chi connectivity index (χ1v) is 8.21. The molecule has 2 amide bonds. The third-order valence-corrected chi connectivity index (χ3v) is 4.34. The van der Waals surface area contributed by atoms with Crippen molar-refractivity contribution in [2.45, 2.75) is 25.3 Å². The summed E-state index contributed by atoms with van der Waals surface area (Å²) >= 11 is 0. The first kappa shape index (κ1) is 16.5. The Balaban J connectivity index is 1.76. The number of nitrogens with one attached hydrogen (secondary N) is 1. The van der Waals surface area contributed by atoms with Gasteiger partial charge in [0.05, 0.1) is 11.7 Å². The summed E-state index contributed by atoms with van der Waals surface area (Å²) in [6.07, 6.45) is 1.98. The van der Waals surface area contributed by atoms with Crippen LogP contribution in [0.15, 0.2) is 48.5 Å². The van der Waals surface area contributed by atoms with E-state index in [1.54, 1.807) is 11.0 Å². The summed E-state index contributed by atoms with van der Waals surface area (Å²) < 4.78 is 13.5. The molecular formula is C19H21FN2O2. The van der Waals surface area contributed by atoms with Crippen molar-refractivity contribution >= 4 is 11.7 Å². The first-order chi connectivity index (χ1) is 11.7. The Bertz CT molecular complexity index is 706. The first-order valence-electron chi connectivity index (χ1n) is 8.21. The van der Waals surface area contributed by atoms with Gasteiger partial charge in [0.2, 0.25) is 0 Å². The van der Waals surface area contributed by atoms with Gasteiger partial charge in [-0.2, -0.15) is 0 Å². The van der Waals surface area contributed by atoms with E-state index in [-0.39, 0.29) is 24.5 Å². The third-order valence-electron chi connectivity index (χ3n) is 4.34. The molecule has 0 aliphatic carbocycles. The molecule has 3 rings (SSSR count). The van der Waals surface area contributed by atoms with Crippen LogP contribution in [-0.2, 0) is 6.42 Å². The van der Waals surface area contributed by atoms with Crippen molar-refractivity contribution in [1.82, 2.24) is 5.32 Å². The molecule has 1 unspecified atom stereocenters. The maximum atomic E-state index is 13.5. The van der Waals surface area contributed by atoms with Gasteiger partial charge in [0.25, 0.3) is 0 Å². The molecule has 2 aromatic carbocycles. The Morgan fingerprint density at radius 3 is 2.79 bits per heavy atom. The molecule has 2 aromatic rings. The summed E-state index contributed by atoms with van der Waals surface area (Å²) in [6.45, 7) is 0.628. The van der Waals surface area contributed by atoms with E-state index in [0.717, 1.165) is 17.5 Å². The van der Waals surface area contributed by atoms with Crippen LogP contribution in [0, 0.1) is 5.82 Å². The predicted molar refractivity (Wildman–Crippen MR) is 91.5 cm³/mol. The van der Waals surface area contributed by atoms with Crippen LogP contribution in [0.1, 0.15) is 30.0 Å². The van der Waals surface area contributed by atoms with Gasteiger partial charge in [0, 0.05) is 13.2 Å². The quantitative estimate of drug-likeness (QED) is 0.884. The SMILES string of the molecule is O=C(NC(CCCO)c1ccccc1)N1CCc2ccc(F)cc21. The highest BCUT2D eigenvalue weighted by Gasteiger charge is 2.26. The van der Waals surface area contributed by atoms with Gasteiger partial charge in [-0.25, -0.2) is 9.18 Å². The molecule has 2 N–H and O–H groups in total. The average Bonchev–Trinajstić information content (AvgIpc) is 3.02. The number of hydrogen-bond donors (Lipinski definition) is 2. The van der Waals surface area contributed by atoms with Gasteiger partial charge in [-0.05, 0) is 42.5 Å². The number of hydrogen-bond acceptors (Lipinski definition) is 2. The molecular weight excluding hydrogens is 307 g/mol. The summed E-state index contributed by atoms with van der Waals surface area (Å²) in [4.78, 5) is 14.3. The van der Waals surface area contributed by atoms with Gasteiger partial charge in [-0.1, -0.05) is 36.4 Å². The zero-order valence-electron chi connectivity index (χ0n) is 13.4. The van der Waals surface area contributed by atoms with Crippen molar-refractivity contribution in [3.8, 4) is 0 Å². The van der Waals surface area contributed by atoms with E-state index in [0.29, 0.717) is 25.1 Å². The molecule has 0 spiro atoms. The summed E-state index contributed by atoms with van der Waals surface area (Å²) in [5, 5.41) is 12.1. The van der Waals surface area contributed by atoms with Gasteiger partial charge in [0.15, 0.2) is 0 Å². The molecule has 0 fully saturated rings. The van der Waals surface area contributed by atoms with Crippen molar-refractivity contribution in [3.05, 3.63) is 65.5 Å². The topological polar surface area (TPSA) is 52.6 Å². The van der Waals surface area contributed by atoms with E-state index < -0.39 is 0 Å². The molecule has 4 nitrogen and oxygen atoms in total. The largest absolute Gasteiger partial charge is 0.396 e. The molecule has 0 saturated heterocycles. The van der Waals surface area contributed by atoms with E-state index in [2.05, 4.69) is 5.32 Å². The van der Waals surface area contributed by atoms with Crippen molar-refractivity contribution in [1.29, 1.82) is 0 Å². The number of urea groups is 1. The van der Waals surface area contributed by atoms with E-state index in [1.165, 1.54) is 12.1 Å². The summed E-state index contributed by atoms with van der Waals surface area (Å²) in [6, 6.07) is 13.9. The number of benzene rings is 2. The maximum absolute atomic E-state index is 13.5. The number of aliphatic hydroxyl groups is 1. The molecule has 0 saturated carbocycles. The number of halogens is 1. The number of rotatable bonds is 5. The monoisotopic (exact) mass is 328 g/mol. The molecule has 1 atom stereocenters. The van der Waals surface area contributed by atoms with Crippen LogP contribution >= 0.6 is 0 Å². The molecule has 0 aromatic heterocycles. The number of nitrogens with zero attached hydrogens (tertiary/aromatic N) is 1. The molecule has 0 bridgehead atoms. The minimum absolute atomic E-state index is 0.0803. The summed E-state index contributed by atoms with van der Waals surface area (Å²) in [7, 11) is 0. The molecule has 1 aliphatic heterocycles. The third kappa shape index (κ3) is 3.57. The van der Waals surface area contributed by atoms with Crippen molar-refractivity contribution in [3.63, 3.8) is 0 Å². The number of aliphatic hydroxyl groups excluding tert-OH is 1. The van der Waals surface area contributed by atoms with Gasteiger partial charge < -0.3 is 10.4 Å². The number of carbonyl (C=O) groups is 1. The highest BCUT2D eigenvalue weighted by molar-refractivity contribution is 5.94. The lowest BCUT2D eigenvalue weighted by Crippen LogP contribution is -2.41. The fraction of sp³-hybridized carbons (Fsp3) is 0.316. The molecule has 0 radical (unpaired) electrons. The zero-order valence-corrected chi connectivity index (χ0v) is 13.4. The van der Waals surface area contributed by atoms with Gasteiger partial charge in [-0.3, -0.25) is 4.90 Å². The van der Waals surface area contributed by atoms with Crippen LogP contribution in [0.2, 0.25) is 0 Å². The van der Waals surface area contributed by atoms with Crippen LogP contribution in [0.5, 0.6) is 0 Å². The van der Waals surface area contributed by atoms with E-state index >= 15 is 0 Å². The van der Waals surface area contributed by atoms with E-state index in [4.69, 9.17) is 5.11 Å². The van der Waals surface area contributed by atoms with E-state index in [9.17, 15) is 9.18 Å². The van der Waals surface area contributed by atoms with Crippen molar-refractivity contribution < 1.29 is 14.3 Å². The Hall–Kier alpha value is -2.40. The fourth-order valence-corrected chi connectivity index (χ4v) is 3.09. The lowest BCUT2D eigenvalue weighted by atomic mass is 10.0. The smallest absolute Gasteiger partial charge is 0.322 e. The lowest BCUT2D eigenvalue weighted by Gasteiger charge is -2.24. The maximum Gasteiger partial charge on any atom is 0.322 e. The number of carbonyl (C=O) groups excluding carboxylic acids is 1. The Kier molecular flexibility index (Phi) is 5.11. The Morgan fingerprint density at radius 1 is 1.25 bits per heavy atom. The summed E-state index contributed by atoms with van der Waals surface area (Å²) in [5.74, 6) is -0.340. The molecule has 1 heterocycles. The predicted octanol–water partition coefficient (Wildman–Crippen LogP) is 3.41.